The summed E-state index contributed by atoms with van der Waals surface area (Å²) in [4.78, 5) is 0.195. The SMILES string of the molecule is CCN(CC(C)C)S(=O)(=O)c1cc(CNC)oc1Br. The van der Waals surface area contributed by atoms with Crippen LogP contribution < -0.4 is 5.32 Å². The van der Waals surface area contributed by atoms with Crippen LogP contribution >= 0.6 is 15.9 Å². The minimum atomic E-state index is -3.51. The Morgan fingerprint density at radius 2 is 2.11 bits per heavy atom. The number of rotatable bonds is 7. The molecule has 0 atom stereocenters. The number of sulfonamides is 1. The molecule has 1 aromatic rings. The minimum absolute atomic E-state index is 0.195. The molecule has 19 heavy (non-hydrogen) atoms. The van der Waals surface area contributed by atoms with Crippen molar-refractivity contribution in [3.8, 4) is 0 Å². The first kappa shape index (κ1) is 16.7. The summed E-state index contributed by atoms with van der Waals surface area (Å²) in [5.41, 5.74) is 0. The van der Waals surface area contributed by atoms with E-state index < -0.39 is 10.0 Å². The molecule has 110 valence electrons. The van der Waals surface area contributed by atoms with Crippen molar-refractivity contribution in [2.24, 2.45) is 5.92 Å². The van der Waals surface area contributed by atoms with E-state index in [0.717, 1.165) is 0 Å². The van der Waals surface area contributed by atoms with Crippen LogP contribution in [0.15, 0.2) is 20.0 Å². The van der Waals surface area contributed by atoms with Crippen LogP contribution in [-0.2, 0) is 16.6 Å². The first-order chi connectivity index (χ1) is 8.82. The van der Waals surface area contributed by atoms with Crippen molar-refractivity contribution in [3.05, 3.63) is 16.5 Å². The highest BCUT2D eigenvalue weighted by molar-refractivity contribution is 9.10. The highest BCUT2D eigenvalue weighted by atomic mass is 79.9. The molecular weight excluding hydrogens is 332 g/mol. The summed E-state index contributed by atoms with van der Waals surface area (Å²) in [5, 5.41) is 2.93. The molecule has 0 aliphatic rings. The standard InChI is InChI=1S/C12H21BrN2O3S/c1-5-15(8-9(2)3)19(16,17)11-6-10(7-14-4)18-12(11)13/h6,9,14H,5,7-8H2,1-4H3. The van der Waals surface area contributed by atoms with Crippen molar-refractivity contribution in [1.29, 1.82) is 0 Å². The molecule has 0 unspecified atom stereocenters. The van der Waals surface area contributed by atoms with E-state index in [0.29, 0.717) is 25.4 Å². The minimum Gasteiger partial charge on any atom is -0.452 e. The first-order valence-electron chi connectivity index (χ1n) is 6.25. The van der Waals surface area contributed by atoms with Gasteiger partial charge in [0.15, 0.2) is 4.67 Å². The largest absolute Gasteiger partial charge is 0.452 e. The zero-order valence-corrected chi connectivity index (χ0v) is 14.1. The van der Waals surface area contributed by atoms with E-state index in [1.165, 1.54) is 4.31 Å². The Morgan fingerprint density at radius 1 is 1.47 bits per heavy atom. The molecule has 5 nitrogen and oxygen atoms in total. The fourth-order valence-corrected chi connectivity index (χ4v) is 4.35. The van der Waals surface area contributed by atoms with Crippen LogP contribution in [0, 0.1) is 5.92 Å². The predicted molar refractivity (Wildman–Crippen MR) is 78.4 cm³/mol. The molecule has 0 radical (unpaired) electrons. The quantitative estimate of drug-likeness (QED) is 0.818. The van der Waals surface area contributed by atoms with Gasteiger partial charge in [-0.05, 0) is 28.9 Å². The van der Waals surface area contributed by atoms with Crippen LogP contribution in [0.5, 0.6) is 0 Å². The fourth-order valence-electron chi connectivity index (χ4n) is 1.78. The zero-order valence-electron chi connectivity index (χ0n) is 11.7. The van der Waals surface area contributed by atoms with Crippen LogP contribution in [0.2, 0.25) is 0 Å². The molecule has 1 heterocycles. The summed E-state index contributed by atoms with van der Waals surface area (Å²) in [5.74, 6) is 0.866. The number of furan rings is 1. The summed E-state index contributed by atoms with van der Waals surface area (Å²) in [6, 6.07) is 1.57. The Morgan fingerprint density at radius 3 is 2.58 bits per heavy atom. The van der Waals surface area contributed by atoms with E-state index in [9.17, 15) is 8.42 Å². The van der Waals surface area contributed by atoms with Gasteiger partial charge in [-0.15, -0.1) is 0 Å². The third-order valence-corrected chi connectivity index (χ3v) is 5.39. The lowest BCUT2D eigenvalue weighted by molar-refractivity contribution is 0.379. The van der Waals surface area contributed by atoms with Crippen molar-refractivity contribution in [2.75, 3.05) is 20.1 Å². The Labute approximate surface area is 123 Å². The summed E-state index contributed by atoms with van der Waals surface area (Å²) in [6.07, 6.45) is 0. The molecule has 0 spiro atoms. The summed E-state index contributed by atoms with van der Waals surface area (Å²) in [6.45, 7) is 7.26. The van der Waals surface area contributed by atoms with Crippen molar-refractivity contribution < 1.29 is 12.8 Å². The van der Waals surface area contributed by atoms with Crippen molar-refractivity contribution >= 4 is 26.0 Å². The van der Waals surface area contributed by atoms with Gasteiger partial charge in [-0.25, -0.2) is 8.42 Å². The monoisotopic (exact) mass is 352 g/mol. The maximum Gasteiger partial charge on any atom is 0.247 e. The Kier molecular flexibility index (Phi) is 6.04. The van der Waals surface area contributed by atoms with E-state index in [-0.39, 0.29) is 15.5 Å². The smallest absolute Gasteiger partial charge is 0.247 e. The molecule has 0 fully saturated rings. The highest BCUT2D eigenvalue weighted by Crippen LogP contribution is 2.29. The summed E-state index contributed by atoms with van der Waals surface area (Å²) < 4.78 is 32.2. The number of hydrogen-bond donors (Lipinski definition) is 1. The Bertz CT molecular complexity index is 511. The van der Waals surface area contributed by atoms with Gasteiger partial charge in [0.05, 0.1) is 6.54 Å². The second-order valence-electron chi connectivity index (χ2n) is 4.73. The lowest BCUT2D eigenvalue weighted by Gasteiger charge is -2.21. The van der Waals surface area contributed by atoms with E-state index in [1.54, 1.807) is 13.1 Å². The molecule has 0 aliphatic carbocycles. The van der Waals surface area contributed by atoms with Gasteiger partial charge in [-0.1, -0.05) is 20.8 Å². The lowest BCUT2D eigenvalue weighted by atomic mass is 10.2. The molecule has 0 saturated carbocycles. The average Bonchev–Trinajstić information content (AvgIpc) is 2.68. The van der Waals surface area contributed by atoms with Crippen LogP contribution in [-0.4, -0.2) is 32.9 Å². The van der Waals surface area contributed by atoms with Crippen LogP contribution in [0.25, 0.3) is 0 Å². The number of hydrogen-bond acceptors (Lipinski definition) is 4. The molecule has 7 heteroatoms. The maximum atomic E-state index is 12.6. The van der Waals surface area contributed by atoms with Gasteiger partial charge in [0, 0.05) is 19.2 Å². The van der Waals surface area contributed by atoms with Gasteiger partial charge < -0.3 is 9.73 Å². The Hall–Kier alpha value is -0.370. The molecule has 0 saturated heterocycles. The first-order valence-corrected chi connectivity index (χ1v) is 8.49. The Balaban J connectivity index is 3.10. The normalized spacial score (nSPS) is 12.6. The van der Waals surface area contributed by atoms with E-state index >= 15 is 0 Å². The van der Waals surface area contributed by atoms with Gasteiger partial charge >= 0.3 is 0 Å². The second-order valence-corrected chi connectivity index (χ2v) is 7.36. The fraction of sp³-hybridized carbons (Fsp3) is 0.667. The molecule has 0 aromatic carbocycles. The van der Waals surface area contributed by atoms with E-state index in [1.807, 2.05) is 20.8 Å². The third kappa shape index (κ3) is 4.05. The zero-order chi connectivity index (χ0) is 14.6. The lowest BCUT2D eigenvalue weighted by Crippen LogP contribution is -2.34. The van der Waals surface area contributed by atoms with Gasteiger partial charge in [0.25, 0.3) is 0 Å². The molecule has 0 bridgehead atoms. The van der Waals surface area contributed by atoms with Gasteiger partial charge in [0.1, 0.15) is 10.7 Å². The summed E-state index contributed by atoms with van der Waals surface area (Å²) >= 11 is 3.19. The molecular formula is C12H21BrN2O3S. The predicted octanol–water partition coefficient (Wildman–Crippen LogP) is 2.43. The molecule has 1 aromatic heterocycles. The molecule has 1 N–H and O–H groups in total. The third-order valence-electron chi connectivity index (χ3n) is 2.60. The number of nitrogens with one attached hydrogen (secondary N) is 1. The molecule has 0 amide bonds. The molecule has 1 rings (SSSR count). The van der Waals surface area contributed by atoms with Crippen molar-refractivity contribution in [1.82, 2.24) is 9.62 Å². The molecule has 0 aliphatic heterocycles. The highest BCUT2D eigenvalue weighted by Gasteiger charge is 2.28. The maximum absolute atomic E-state index is 12.6. The van der Waals surface area contributed by atoms with Crippen LogP contribution in [0.3, 0.4) is 0 Å². The van der Waals surface area contributed by atoms with Crippen molar-refractivity contribution in [3.63, 3.8) is 0 Å². The van der Waals surface area contributed by atoms with Gasteiger partial charge in [-0.2, -0.15) is 4.31 Å². The summed E-state index contributed by atoms with van der Waals surface area (Å²) in [7, 11) is -1.73. The van der Waals surface area contributed by atoms with E-state index in [2.05, 4.69) is 21.2 Å². The second kappa shape index (κ2) is 6.88. The van der Waals surface area contributed by atoms with Gasteiger partial charge in [-0.3, -0.25) is 0 Å². The average molecular weight is 353 g/mol. The van der Waals surface area contributed by atoms with Crippen molar-refractivity contribution in [2.45, 2.75) is 32.2 Å². The van der Waals surface area contributed by atoms with Gasteiger partial charge in [0.2, 0.25) is 10.0 Å². The number of halogens is 1. The van der Waals surface area contributed by atoms with Crippen LogP contribution in [0.4, 0.5) is 0 Å². The topological polar surface area (TPSA) is 62.6 Å². The van der Waals surface area contributed by atoms with E-state index in [4.69, 9.17) is 4.42 Å². The number of nitrogens with zero attached hydrogens (tertiary/aromatic N) is 1. The van der Waals surface area contributed by atoms with Crippen LogP contribution in [0.1, 0.15) is 26.5 Å².